The molecule has 2 aliphatic rings. The zero-order valence-electron chi connectivity index (χ0n) is 18.6. The van der Waals surface area contributed by atoms with Gasteiger partial charge < -0.3 is 9.64 Å². The molecule has 0 aromatic heterocycles. The van der Waals surface area contributed by atoms with E-state index in [1.54, 1.807) is 0 Å². The van der Waals surface area contributed by atoms with E-state index in [9.17, 15) is 5.26 Å². The SMILES string of the molecule is [C-]#[N+]C(C#N)=C1C=C(C=Cc2cc(CC)c3c(c2)CCCN3C)OC(c2ccccc2)C1. The van der Waals surface area contributed by atoms with Gasteiger partial charge in [0.25, 0.3) is 5.70 Å². The average Bonchev–Trinajstić information content (AvgIpc) is 2.83. The predicted molar refractivity (Wildman–Crippen MR) is 129 cm³/mol. The maximum atomic E-state index is 9.41. The molecular formula is C28H27N3O. The lowest BCUT2D eigenvalue weighted by atomic mass is 9.93. The topological polar surface area (TPSA) is 40.6 Å². The molecule has 1 unspecified atom stereocenters. The third kappa shape index (κ3) is 4.46. The maximum Gasteiger partial charge on any atom is 0.265 e. The Balaban J connectivity index is 1.68. The summed E-state index contributed by atoms with van der Waals surface area (Å²) in [6.07, 6.45) is 9.44. The summed E-state index contributed by atoms with van der Waals surface area (Å²) >= 11 is 0. The first-order chi connectivity index (χ1) is 15.6. The molecule has 1 atom stereocenters. The van der Waals surface area contributed by atoms with Gasteiger partial charge in [-0.3, -0.25) is 0 Å². The van der Waals surface area contributed by atoms with Crippen LogP contribution in [0.5, 0.6) is 0 Å². The summed E-state index contributed by atoms with van der Waals surface area (Å²) in [4.78, 5) is 5.80. The van der Waals surface area contributed by atoms with Gasteiger partial charge in [0.1, 0.15) is 11.9 Å². The van der Waals surface area contributed by atoms with Crippen LogP contribution in [0.1, 0.15) is 48.1 Å². The molecule has 4 heteroatoms. The third-order valence-corrected chi connectivity index (χ3v) is 6.13. The van der Waals surface area contributed by atoms with Gasteiger partial charge in [0.15, 0.2) is 0 Å². The Morgan fingerprint density at radius 2 is 2.09 bits per heavy atom. The molecule has 160 valence electrons. The number of benzene rings is 2. The number of hydrogen-bond donors (Lipinski definition) is 0. The second-order valence-electron chi connectivity index (χ2n) is 8.27. The van der Waals surface area contributed by atoms with Crippen molar-refractivity contribution in [3.63, 3.8) is 0 Å². The largest absolute Gasteiger partial charge is 0.485 e. The van der Waals surface area contributed by atoms with Crippen LogP contribution in [-0.4, -0.2) is 13.6 Å². The number of nitriles is 1. The molecule has 0 saturated carbocycles. The van der Waals surface area contributed by atoms with Crippen molar-refractivity contribution in [3.8, 4) is 6.07 Å². The Labute approximate surface area is 190 Å². The minimum Gasteiger partial charge on any atom is -0.485 e. The second kappa shape index (κ2) is 9.58. The van der Waals surface area contributed by atoms with E-state index in [1.165, 1.54) is 23.2 Å². The first-order valence-electron chi connectivity index (χ1n) is 11.1. The predicted octanol–water partition coefficient (Wildman–Crippen LogP) is 6.39. The number of rotatable bonds is 4. The van der Waals surface area contributed by atoms with Gasteiger partial charge in [-0.1, -0.05) is 43.3 Å². The number of nitrogens with zero attached hydrogens (tertiary/aromatic N) is 3. The summed E-state index contributed by atoms with van der Waals surface area (Å²) in [5.74, 6) is 0.671. The van der Waals surface area contributed by atoms with E-state index in [1.807, 2.05) is 48.6 Å². The molecule has 32 heavy (non-hydrogen) atoms. The molecule has 0 radical (unpaired) electrons. The van der Waals surface area contributed by atoms with Crippen LogP contribution in [0, 0.1) is 17.9 Å². The van der Waals surface area contributed by atoms with Gasteiger partial charge in [0.2, 0.25) is 0 Å². The third-order valence-electron chi connectivity index (χ3n) is 6.13. The summed E-state index contributed by atoms with van der Waals surface area (Å²) in [7, 11) is 2.18. The highest BCUT2D eigenvalue weighted by atomic mass is 16.5. The van der Waals surface area contributed by atoms with Crippen LogP contribution in [0.15, 0.2) is 71.6 Å². The van der Waals surface area contributed by atoms with Crippen LogP contribution in [-0.2, 0) is 17.6 Å². The molecule has 0 spiro atoms. The van der Waals surface area contributed by atoms with Crippen molar-refractivity contribution in [3.05, 3.63) is 105 Å². The average molecular weight is 422 g/mol. The van der Waals surface area contributed by atoms with Crippen LogP contribution in [0.3, 0.4) is 0 Å². The second-order valence-corrected chi connectivity index (χ2v) is 8.27. The molecule has 0 N–H and O–H groups in total. The monoisotopic (exact) mass is 421 g/mol. The first-order valence-corrected chi connectivity index (χ1v) is 11.1. The van der Waals surface area contributed by atoms with E-state index in [-0.39, 0.29) is 11.8 Å². The van der Waals surface area contributed by atoms with Gasteiger partial charge in [-0.25, -0.2) is 10.1 Å². The van der Waals surface area contributed by atoms with Crippen LogP contribution in [0.25, 0.3) is 10.9 Å². The minimum absolute atomic E-state index is 0.130. The summed E-state index contributed by atoms with van der Waals surface area (Å²) in [5, 5.41) is 9.41. The first kappa shape index (κ1) is 21.5. The van der Waals surface area contributed by atoms with Gasteiger partial charge in [0.05, 0.1) is 12.6 Å². The number of fused-ring (bicyclic) bond motifs is 1. The molecule has 0 amide bonds. The van der Waals surface area contributed by atoms with Crippen molar-refractivity contribution in [1.29, 1.82) is 5.26 Å². The molecule has 0 fully saturated rings. The van der Waals surface area contributed by atoms with Crippen molar-refractivity contribution in [2.24, 2.45) is 0 Å². The molecular weight excluding hydrogens is 394 g/mol. The maximum absolute atomic E-state index is 9.41. The van der Waals surface area contributed by atoms with Crippen molar-refractivity contribution in [2.75, 3.05) is 18.5 Å². The van der Waals surface area contributed by atoms with Crippen molar-refractivity contribution in [2.45, 2.75) is 38.7 Å². The molecule has 2 aromatic carbocycles. The van der Waals surface area contributed by atoms with E-state index < -0.39 is 0 Å². The number of aryl methyl sites for hydroxylation is 2. The fourth-order valence-electron chi connectivity index (χ4n) is 4.58. The summed E-state index contributed by atoms with van der Waals surface area (Å²) in [6.45, 7) is 10.7. The Kier molecular flexibility index (Phi) is 6.43. The molecule has 0 aliphatic carbocycles. The molecule has 4 nitrogen and oxygen atoms in total. The van der Waals surface area contributed by atoms with Crippen LogP contribution in [0.4, 0.5) is 5.69 Å². The highest BCUT2D eigenvalue weighted by Gasteiger charge is 2.23. The molecule has 2 aromatic rings. The lowest BCUT2D eigenvalue weighted by molar-refractivity contribution is 0.118. The van der Waals surface area contributed by atoms with E-state index in [2.05, 4.69) is 41.9 Å². The number of allylic oxidation sites excluding steroid dienone is 3. The van der Waals surface area contributed by atoms with E-state index in [4.69, 9.17) is 11.3 Å². The highest BCUT2D eigenvalue weighted by molar-refractivity contribution is 5.67. The van der Waals surface area contributed by atoms with E-state index in [0.29, 0.717) is 12.2 Å². The molecule has 2 aliphatic heterocycles. The zero-order chi connectivity index (χ0) is 22.5. The van der Waals surface area contributed by atoms with Gasteiger partial charge >= 0.3 is 0 Å². The fourth-order valence-corrected chi connectivity index (χ4v) is 4.58. The van der Waals surface area contributed by atoms with Gasteiger partial charge in [-0.15, -0.1) is 0 Å². The fraction of sp³-hybridized carbons (Fsp3) is 0.286. The van der Waals surface area contributed by atoms with E-state index >= 15 is 0 Å². The van der Waals surface area contributed by atoms with E-state index in [0.717, 1.165) is 36.1 Å². The Hall–Kier alpha value is -3.76. The van der Waals surface area contributed by atoms with Crippen LogP contribution < -0.4 is 4.90 Å². The minimum atomic E-state index is -0.218. The molecule has 2 heterocycles. The Morgan fingerprint density at radius 3 is 2.81 bits per heavy atom. The van der Waals surface area contributed by atoms with Crippen molar-refractivity contribution < 1.29 is 4.74 Å². The smallest absolute Gasteiger partial charge is 0.265 e. The van der Waals surface area contributed by atoms with Crippen molar-refractivity contribution in [1.82, 2.24) is 0 Å². The number of anilines is 1. The van der Waals surface area contributed by atoms with Gasteiger partial charge in [0, 0.05) is 25.7 Å². The summed E-state index contributed by atoms with van der Waals surface area (Å²) < 4.78 is 6.27. The van der Waals surface area contributed by atoms with Gasteiger partial charge in [-0.2, -0.15) is 0 Å². The molecule has 0 saturated heterocycles. The lowest BCUT2D eigenvalue weighted by Gasteiger charge is -2.30. The Bertz CT molecular complexity index is 1140. The number of ether oxygens (including phenoxy) is 1. The van der Waals surface area contributed by atoms with Crippen LogP contribution in [0.2, 0.25) is 0 Å². The number of hydrogen-bond acceptors (Lipinski definition) is 3. The summed E-state index contributed by atoms with van der Waals surface area (Å²) in [6, 6.07) is 16.5. The standard InChI is InChI=1S/C28H27N3O/c1-4-21-15-20(16-23-11-8-14-31(3)28(21)23)12-13-25-17-24(26(19-29)30-2)18-27(32-25)22-9-6-5-7-10-22/h5-7,9-10,12-13,15-17,27H,4,8,11,14,18H2,1,3H3. The Morgan fingerprint density at radius 1 is 1.28 bits per heavy atom. The van der Waals surface area contributed by atoms with Gasteiger partial charge in [-0.05, 0) is 71.4 Å². The summed E-state index contributed by atoms with van der Waals surface area (Å²) in [5.41, 5.74) is 7.20. The highest BCUT2D eigenvalue weighted by Crippen LogP contribution is 2.36. The molecule has 4 rings (SSSR count). The van der Waals surface area contributed by atoms with Crippen LogP contribution >= 0.6 is 0 Å². The zero-order valence-corrected chi connectivity index (χ0v) is 18.6. The molecule has 0 bridgehead atoms. The quantitative estimate of drug-likeness (QED) is 0.424. The lowest BCUT2D eigenvalue weighted by Crippen LogP contribution is -2.26. The normalized spacial score (nSPS) is 19.4. The van der Waals surface area contributed by atoms with Crippen molar-refractivity contribution >= 4 is 11.8 Å².